The third kappa shape index (κ3) is 4.09. The lowest BCUT2D eigenvalue weighted by Crippen LogP contribution is -2.21. The second-order valence-electron chi connectivity index (χ2n) is 6.78. The number of anilines is 2. The van der Waals surface area contributed by atoms with E-state index in [1.54, 1.807) is 30.1 Å². The van der Waals surface area contributed by atoms with Crippen molar-refractivity contribution in [2.45, 2.75) is 20.4 Å². The Morgan fingerprint density at radius 3 is 2.16 bits per heavy atom. The van der Waals surface area contributed by atoms with E-state index in [9.17, 15) is 9.59 Å². The van der Waals surface area contributed by atoms with Crippen LogP contribution in [0.15, 0.2) is 24.5 Å². The van der Waals surface area contributed by atoms with E-state index in [4.69, 9.17) is 14.2 Å². The number of methoxy groups -OCH3 is 3. The maximum atomic E-state index is 13.1. The molecule has 11 heteroatoms. The van der Waals surface area contributed by atoms with Crippen LogP contribution >= 0.6 is 0 Å². The number of nitrogens with one attached hydrogen (secondary N) is 2. The number of aromatic nitrogens is 4. The molecule has 170 valence electrons. The SMILES string of the molecule is CCn1ncc(NC(=O)c2ccc(OC)c(OC)c2OC)c1C(=O)Nc1cnn(C)c1C. The largest absolute Gasteiger partial charge is 0.493 e. The predicted octanol–water partition coefficient (Wildman–Crippen LogP) is 2.48. The minimum absolute atomic E-state index is 0.212. The summed E-state index contributed by atoms with van der Waals surface area (Å²) in [6, 6.07) is 3.16. The van der Waals surface area contributed by atoms with Crippen molar-refractivity contribution in [1.29, 1.82) is 0 Å². The molecule has 2 amide bonds. The highest BCUT2D eigenvalue weighted by Gasteiger charge is 2.25. The van der Waals surface area contributed by atoms with E-state index in [1.165, 1.54) is 32.2 Å². The monoisotopic (exact) mass is 442 g/mol. The van der Waals surface area contributed by atoms with Gasteiger partial charge in [-0.2, -0.15) is 10.2 Å². The van der Waals surface area contributed by atoms with Gasteiger partial charge in [0.2, 0.25) is 5.75 Å². The molecule has 2 heterocycles. The average molecular weight is 442 g/mol. The summed E-state index contributed by atoms with van der Waals surface area (Å²) in [5, 5.41) is 13.9. The van der Waals surface area contributed by atoms with E-state index in [1.807, 2.05) is 13.8 Å². The van der Waals surface area contributed by atoms with E-state index >= 15 is 0 Å². The minimum Gasteiger partial charge on any atom is -0.493 e. The second kappa shape index (κ2) is 9.41. The summed E-state index contributed by atoms with van der Waals surface area (Å²) in [7, 11) is 6.16. The van der Waals surface area contributed by atoms with Gasteiger partial charge in [0.15, 0.2) is 11.5 Å². The van der Waals surface area contributed by atoms with E-state index in [0.717, 1.165) is 5.69 Å². The van der Waals surface area contributed by atoms with Gasteiger partial charge in [0.25, 0.3) is 11.8 Å². The quantitative estimate of drug-likeness (QED) is 0.550. The molecule has 0 saturated carbocycles. The van der Waals surface area contributed by atoms with Crippen LogP contribution in [-0.4, -0.2) is 52.7 Å². The molecule has 0 aliphatic heterocycles. The fraction of sp³-hybridized carbons (Fsp3) is 0.333. The number of hydrogen-bond donors (Lipinski definition) is 2. The first-order valence-electron chi connectivity index (χ1n) is 9.82. The summed E-state index contributed by atoms with van der Waals surface area (Å²) in [5.74, 6) is 0.00726. The third-order valence-corrected chi connectivity index (χ3v) is 5.03. The van der Waals surface area contributed by atoms with Gasteiger partial charge in [-0.05, 0) is 26.0 Å². The van der Waals surface area contributed by atoms with Crippen LogP contribution in [0, 0.1) is 6.92 Å². The molecule has 2 aromatic heterocycles. The van der Waals surface area contributed by atoms with Crippen molar-refractivity contribution in [3.05, 3.63) is 41.5 Å². The molecule has 0 aliphatic carbocycles. The third-order valence-electron chi connectivity index (χ3n) is 5.03. The minimum atomic E-state index is -0.495. The molecule has 1 aromatic carbocycles. The first-order valence-corrected chi connectivity index (χ1v) is 9.82. The molecule has 3 aromatic rings. The number of aryl methyl sites for hydroxylation is 2. The predicted molar refractivity (Wildman–Crippen MR) is 118 cm³/mol. The standard InChI is InChI=1S/C21H26N6O5/c1-7-27-17(21(29)24-14-10-22-26(3)12(14)2)15(11-23-27)25-20(28)13-8-9-16(30-4)19(32-6)18(13)31-5/h8-11H,7H2,1-6H3,(H,24,29)(H,25,28). The maximum Gasteiger partial charge on any atom is 0.276 e. The van der Waals surface area contributed by atoms with Gasteiger partial charge in [-0.25, -0.2) is 0 Å². The van der Waals surface area contributed by atoms with Crippen LogP contribution in [0.2, 0.25) is 0 Å². The number of rotatable bonds is 8. The lowest BCUT2D eigenvalue weighted by atomic mass is 10.1. The lowest BCUT2D eigenvalue weighted by Gasteiger charge is -2.15. The molecular weight excluding hydrogens is 416 g/mol. The van der Waals surface area contributed by atoms with Gasteiger partial charge in [-0.3, -0.25) is 19.0 Å². The lowest BCUT2D eigenvalue weighted by molar-refractivity contribution is 0.101. The summed E-state index contributed by atoms with van der Waals surface area (Å²) in [6.07, 6.45) is 2.99. The molecule has 32 heavy (non-hydrogen) atoms. The van der Waals surface area contributed by atoms with E-state index in [2.05, 4.69) is 20.8 Å². The molecule has 0 saturated heterocycles. The van der Waals surface area contributed by atoms with E-state index in [0.29, 0.717) is 18.0 Å². The van der Waals surface area contributed by atoms with Crippen molar-refractivity contribution in [2.75, 3.05) is 32.0 Å². The zero-order chi connectivity index (χ0) is 23.4. The van der Waals surface area contributed by atoms with Gasteiger partial charge in [-0.15, -0.1) is 0 Å². The Morgan fingerprint density at radius 2 is 1.59 bits per heavy atom. The van der Waals surface area contributed by atoms with Crippen molar-refractivity contribution < 1.29 is 23.8 Å². The Bertz CT molecular complexity index is 1150. The van der Waals surface area contributed by atoms with Gasteiger partial charge < -0.3 is 24.8 Å². The molecule has 0 spiro atoms. The Hall–Kier alpha value is -4.02. The molecule has 2 N–H and O–H groups in total. The fourth-order valence-corrected chi connectivity index (χ4v) is 3.23. The number of carbonyl (C=O) groups excluding carboxylic acids is 2. The first-order chi connectivity index (χ1) is 15.4. The normalized spacial score (nSPS) is 10.6. The topological polar surface area (TPSA) is 122 Å². The average Bonchev–Trinajstić information content (AvgIpc) is 3.35. The van der Waals surface area contributed by atoms with Crippen LogP contribution in [0.5, 0.6) is 17.2 Å². The smallest absolute Gasteiger partial charge is 0.276 e. The van der Waals surface area contributed by atoms with Crippen molar-refractivity contribution in [3.8, 4) is 17.2 Å². The Morgan fingerprint density at radius 1 is 0.938 bits per heavy atom. The summed E-state index contributed by atoms with van der Waals surface area (Å²) >= 11 is 0. The van der Waals surface area contributed by atoms with Crippen LogP contribution < -0.4 is 24.8 Å². The molecule has 0 atom stereocenters. The zero-order valence-electron chi connectivity index (χ0n) is 18.8. The molecule has 0 aliphatic rings. The molecule has 3 rings (SSSR count). The molecule has 0 bridgehead atoms. The van der Waals surface area contributed by atoms with Crippen LogP contribution in [0.3, 0.4) is 0 Å². The van der Waals surface area contributed by atoms with E-state index in [-0.39, 0.29) is 28.4 Å². The van der Waals surface area contributed by atoms with Gasteiger partial charge in [0.05, 0.1) is 56.4 Å². The number of nitrogens with zero attached hydrogens (tertiary/aromatic N) is 4. The number of benzene rings is 1. The van der Waals surface area contributed by atoms with Crippen molar-refractivity contribution in [2.24, 2.45) is 7.05 Å². The second-order valence-corrected chi connectivity index (χ2v) is 6.78. The highest BCUT2D eigenvalue weighted by atomic mass is 16.5. The Balaban J connectivity index is 1.93. The summed E-state index contributed by atoms with van der Waals surface area (Å²) in [5.41, 5.74) is 2.04. The fourth-order valence-electron chi connectivity index (χ4n) is 3.23. The van der Waals surface area contributed by atoms with Crippen LogP contribution in [0.1, 0.15) is 33.5 Å². The maximum absolute atomic E-state index is 13.1. The van der Waals surface area contributed by atoms with Crippen LogP contribution in [0.4, 0.5) is 11.4 Å². The molecule has 0 unspecified atom stereocenters. The van der Waals surface area contributed by atoms with Crippen molar-refractivity contribution in [1.82, 2.24) is 19.6 Å². The summed E-state index contributed by atoms with van der Waals surface area (Å²) < 4.78 is 19.1. The van der Waals surface area contributed by atoms with Gasteiger partial charge >= 0.3 is 0 Å². The van der Waals surface area contributed by atoms with Gasteiger partial charge in [0.1, 0.15) is 5.69 Å². The van der Waals surface area contributed by atoms with Crippen LogP contribution in [0.25, 0.3) is 0 Å². The van der Waals surface area contributed by atoms with Crippen molar-refractivity contribution >= 4 is 23.2 Å². The van der Waals surface area contributed by atoms with Crippen molar-refractivity contribution in [3.63, 3.8) is 0 Å². The Kier molecular flexibility index (Phi) is 6.67. The number of carbonyl (C=O) groups is 2. The van der Waals surface area contributed by atoms with Gasteiger partial charge in [0, 0.05) is 13.6 Å². The van der Waals surface area contributed by atoms with Crippen LogP contribution in [-0.2, 0) is 13.6 Å². The summed E-state index contributed by atoms with van der Waals surface area (Å²) in [4.78, 5) is 26.1. The highest BCUT2D eigenvalue weighted by Crippen LogP contribution is 2.40. The number of amides is 2. The number of hydrogen-bond acceptors (Lipinski definition) is 7. The Labute approximate surface area is 185 Å². The number of ether oxygens (including phenoxy) is 3. The summed E-state index contributed by atoms with van der Waals surface area (Å²) in [6.45, 7) is 4.12. The molecule has 0 fully saturated rings. The molecule has 11 nitrogen and oxygen atoms in total. The van der Waals surface area contributed by atoms with E-state index < -0.39 is 11.8 Å². The highest BCUT2D eigenvalue weighted by molar-refractivity contribution is 6.12. The molecular formula is C21H26N6O5. The first kappa shape index (κ1) is 22.7. The molecule has 0 radical (unpaired) electrons. The van der Waals surface area contributed by atoms with Gasteiger partial charge in [-0.1, -0.05) is 0 Å². The zero-order valence-corrected chi connectivity index (χ0v) is 18.8.